The van der Waals surface area contributed by atoms with E-state index in [1.165, 1.54) is 0 Å². The lowest BCUT2D eigenvalue weighted by molar-refractivity contribution is -0.115. The number of H-pyrrole nitrogens is 2. The Hall–Kier alpha value is -4.93. The zero-order valence-corrected chi connectivity index (χ0v) is 18.9. The van der Waals surface area contributed by atoms with Crippen molar-refractivity contribution in [2.75, 3.05) is 5.32 Å². The SMILES string of the molecule is C.CCC(=O)Nc1cncc(-c2cnc3n[nH]c(-c4nc5c(-n6cnc(C)c6)cncc5[nH]4)c3c2)c1. The first-order valence-electron chi connectivity index (χ1n) is 11.0. The molecule has 6 aromatic rings. The zero-order valence-electron chi connectivity index (χ0n) is 18.9. The molecule has 0 radical (unpaired) electrons. The molecular formula is C25H24N10O. The number of pyridine rings is 3. The fraction of sp³-hybridized carbons (Fsp3) is 0.160. The number of rotatable bonds is 5. The summed E-state index contributed by atoms with van der Waals surface area (Å²) in [7, 11) is 0. The highest BCUT2D eigenvalue weighted by Crippen LogP contribution is 2.30. The van der Waals surface area contributed by atoms with E-state index >= 15 is 0 Å². The van der Waals surface area contributed by atoms with E-state index in [0.717, 1.165) is 38.9 Å². The van der Waals surface area contributed by atoms with Gasteiger partial charge in [-0.15, -0.1) is 0 Å². The van der Waals surface area contributed by atoms with Crippen LogP contribution in [0.3, 0.4) is 0 Å². The number of hydrogen-bond acceptors (Lipinski definition) is 7. The van der Waals surface area contributed by atoms with Crippen LogP contribution in [-0.4, -0.2) is 50.6 Å². The third-order valence-electron chi connectivity index (χ3n) is 5.69. The van der Waals surface area contributed by atoms with Crippen molar-refractivity contribution >= 4 is 33.7 Å². The maximum atomic E-state index is 11.8. The third-order valence-corrected chi connectivity index (χ3v) is 5.69. The van der Waals surface area contributed by atoms with E-state index < -0.39 is 0 Å². The number of carbonyl (C=O) groups excluding carboxylic acids is 1. The Morgan fingerprint density at radius 3 is 2.69 bits per heavy atom. The zero-order chi connectivity index (χ0) is 23.9. The molecule has 3 N–H and O–H groups in total. The normalized spacial score (nSPS) is 11.1. The van der Waals surface area contributed by atoms with Crippen LogP contribution in [0.4, 0.5) is 5.69 Å². The standard InChI is InChI=1S/C24H20N10O.CH4/c1-3-20(35)29-16-4-14(6-25-8-16)15-5-17-21(32-33-23(17)27-7-15)24-30-18-9-26-10-19(22(18)31-24)34-11-13(2)28-12-34;/h4-12H,3H2,1-2H3,(H,29,35)(H,30,31)(H,27,32,33);1H4. The Labute approximate surface area is 206 Å². The molecule has 0 aromatic carbocycles. The van der Waals surface area contributed by atoms with Crippen molar-refractivity contribution in [3.8, 4) is 28.3 Å². The lowest BCUT2D eigenvalue weighted by Gasteiger charge is -2.06. The van der Waals surface area contributed by atoms with Crippen molar-refractivity contribution in [3.63, 3.8) is 0 Å². The van der Waals surface area contributed by atoms with Crippen molar-refractivity contribution in [1.82, 2.24) is 44.7 Å². The van der Waals surface area contributed by atoms with Gasteiger partial charge in [-0.2, -0.15) is 5.10 Å². The molecule has 0 saturated heterocycles. The number of anilines is 1. The summed E-state index contributed by atoms with van der Waals surface area (Å²) in [6.45, 7) is 3.74. The van der Waals surface area contributed by atoms with Crippen molar-refractivity contribution in [1.29, 1.82) is 0 Å². The van der Waals surface area contributed by atoms with Crippen LogP contribution in [0, 0.1) is 6.92 Å². The van der Waals surface area contributed by atoms with Crippen LogP contribution in [0.1, 0.15) is 26.5 Å². The van der Waals surface area contributed by atoms with E-state index in [1.54, 1.807) is 44.2 Å². The van der Waals surface area contributed by atoms with Crippen LogP contribution in [0.15, 0.2) is 55.6 Å². The molecule has 0 spiro atoms. The van der Waals surface area contributed by atoms with E-state index in [1.807, 2.05) is 29.8 Å². The average Bonchev–Trinajstić information content (AvgIpc) is 3.61. The van der Waals surface area contributed by atoms with Gasteiger partial charge in [-0.1, -0.05) is 14.4 Å². The maximum absolute atomic E-state index is 11.8. The number of aryl methyl sites for hydroxylation is 1. The number of imidazole rings is 2. The van der Waals surface area contributed by atoms with E-state index in [4.69, 9.17) is 4.98 Å². The highest BCUT2D eigenvalue weighted by atomic mass is 16.1. The van der Waals surface area contributed by atoms with Gasteiger partial charge in [-0.3, -0.25) is 19.9 Å². The Morgan fingerprint density at radius 2 is 1.89 bits per heavy atom. The van der Waals surface area contributed by atoms with Gasteiger partial charge >= 0.3 is 0 Å². The lowest BCUT2D eigenvalue weighted by Crippen LogP contribution is -2.09. The predicted octanol–water partition coefficient (Wildman–Crippen LogP) is 4.44. The van der Waals surface area contributed by atoms with E-state index in [0.29, 0.717) is 29.3 Å². The fourth-order valence-electron chi connectivity index (χ4n) is 3.93. The first-order chi connectivity index (χ1) is 17.1. The van der Waals surface area contributed by atoms with Gasteiger partial charge in [-0.25, -0.2) is 15.0 Å². The first kappa shape index (κ1) is 22.8. The molecule has 0 aliphatic carbocycles. The molecule has 6 heterocycles. The molecular weight excluding hydrogens is 456 g/mol. The molecule has 0 unspecified atom stereocenters. The smallest absolute Gasteiger partial charge is 0.224 e. The monoisotopic (exact) mass is 480 g/mol. The summed E-state index contributed by atoms with van der Waals surface area (Å²) >= 11 is 0. The largest absolute Gasteiger partial charge is 0.335 e. The number of amides is 1. The maximum Gasteiger partial charge on any atom is 0.224 e. The lowest BCUT2D eigenvalue weighted by atomic mass is 10.1. The summed E-state index contributed by atoms with van der Waals surface area (Å²) < 4.78 is 1.90. The van der Waals surface area contributed by atoms with Gasteiger partial charge in [0.05, 0.1) is 52.9 Å². The Bertz CT molecular complexity index is 1710. The molecule has 6 rings (SSSR count). The number of fused-ring (bicyclic) bond motifs is 2. The number of nitrogens with zero attached hydrogens (tertiary/aromatic N) is 7. The minimum atomic E-state index is -0.0701. The molecule has 0 fully saturated rings. The minimum Gasteiger partial charge on any atom is -0.335 e. The average molecular weight is 481 g/mol. The molecule has 11 heteroatoms. The molecule has 0 saturated carbocycles. The number of nitrogens with one attached hydrogen (secondary N) is 3. The van der Waals surface area contributed by atoms with Crippen LogP contribution in [0.5, 0.6) is 0 Å². The van der Waals surface area contributed by atoms with Gasteiger partial charge in [0.25, 0.3) is 0 Å². The highest BCUT2D eigenvalue weighted by molar-refractivity contribution is 5.95. The second-order valence-electron chi connectivity index (χ2n) is 8.12. The fourth-order valence-corrected chi connectivity index (χ4v) is 3.93. The van der Waals surface area contributed by atoms with E-state index in [9.17, 15) is 4.79 Å². The highest BCUT2D eigenvalue weighted by Gasteiger charge is 2.16. The molecule has 0 aliphatic heterocycles. The number of aromatic nitrogens is 9. The minimum absolute atomic E-state index is 0. The molecule has 6 aromatic heterocycles. The van der Waals surface area contributed by atoms with Crippen molar-refractivity contribution in [3.05, 3.63) is 61.3 Å². The van der Waals surface area contributed by atoms with Crippen LogP contribution in [0.25, 0.3) is 50.4 Å². The Balaban J connectivity index is 0.00000267. The third kappa shape index (κ3) is 3.96. The van der Waals surface area contributed by atoms with Crippen molar-refractivity contribution in [2.24, 2.45) is 0 Å². The summed E-state index contributed by atoms with van der Waals surface area (Å²) in [6, 6.07) is 3.85. The van der Waals surface area contributed by atoms with Crippen molar-refractivity contribution < 1.29 is 4.79 Å². The quantitative estimate of drug-likeness (QED) is 0.331. The van der Waals surface area contributed by atoms with Crippen LogP contribution in [-0.2, 0) is 4.79 Å². The summed E-state index contributed by atoms with van der Waals surface area (Å²) in [4.78, 5) is 37.4. The van der Waals surface area contributed by atoms with Gasteiger partial charge in [0.15, 0.2) is 11.5 Å². The Morgan fingerprint density at radius 1 is 1.06 bits per heavy atom. The van der Waals surface area contributed by atoms with Gasteiger partial charge in [0.1, 0.15) is 11.2 Å². The van der Waals surface area contributed by atoms with Crippen LogP contribution in [0.2, 0.25) is 0 Å². The van der Waals surface area contributed by atoms with E-state index in [-0.39, 0.29) is 13.3 Å². The van der Waals surface area contributed by atoms with E-state index in [2.05, 4.69) is 40.4 Å². The molecule has 1 amide bonds. The number of hydrogen-bond donors (Lipinski definition) is 3. The first-order valence-corrected chi connectivity index (χ1v) is 11.0. The second-order valence-corrected chi connectivity index (χ2v) is 8.12. The van der Waals surface area contributed by atoms with Crippen LogP contribution < -0.4 is 5.32 Å². The molecule has 11 nitrogen and oxygen atoms in total. The van der Waals surface area contributed by atoms with Gasteiger partial charge in [0, 0.05) is 36.1 Å². The van der Waals surface area contributed by atoms with Gasteiger partial charge < -0.3 is 14.9 Å². The molecule has 0 aliphatic rings. The van der Waals surface area contributed by atoms with Gasteiger partial charge in [0.2, 0.25) is 5.91 Å². The van der Waals surface area contributed by atoms with Crippen molar-refractivity contribution in [2.45, 2.75) is 27.7 Å². The second kappa shape index (κ2) is 9.02. The predicted molar refractivity (Wildman–Crippen MR) is 138 cm³/mol. The molecule has 0 atom stereocenters. The van der Waals surface area contributed by atoms with Gasteiger partial charge in [-0.05, 0) is 19.1 Å². The number of aromatic amines is 2. The molecule has 180 valence electrons. The molecule has 0 bridgehead atoms. The summed E-state index contributed by atoms with van der Waals surface area (Å²) in [5.74, 6) is 0.550. The summed E-state index contributed by atoms with van der Waals surface area (Å²) in [6.07, 6.45) is 12.6. The number of carbonyl (C=O) groups is 1. The Kier molecular flexibility index (Phi) is 5.72. The summed E-state index contributed by atoms with van der Waals surface area (Å²) in [5, 5.41) is 11.1. The van der Waals surface area contributed by atoms with Crippen LogP contribution >= 0.6 is 0 Å². The topological polar surface area (TPSA) is 143 Å². The molecule has 36 heavy (non-hydrogen) atoms. The summed E-state index contributed by atoms with van der Waals surface area (Å²) in [5.41, 5.74) is 6.86.